The van der Waals surface area contributed by atoms with Gasteiger partial charge in [-0.05, 0) is 11.4 Å². The normalized spacial score (nSPS) is 12.5. The molecule has 0 aliphatic rings. The smallest absolute Gasteiger partial charge is 0.0897 e. The third kappa shape index (κ3) is 7.89. The molecule has 0 spiro atoms. The van der Waals surface area contributed by atoms with E-state index >= 15 is 0 Å². The topological polar surface area (TPSA) is 41.5 Å². The zero-order valence-electron chi connectivity index (χ0n) is 10.5. The van der Waals surface area contributed by atoms with Crippen molar-refractivity contribution in [3.63, 3.8) is 0 Å². The monoisotopic (exact) mass is 287 g/mol. The van der Waals surface area contributed by atoms with Crippen LogP contribution in [-0.4, -0.2) is 42.4 Å². The minimum Gasteiger partial charge on any atom is -0.389 e. The van der Waals surface area contributed by atoms with Crippen molar-refractivity contribution in [1.29, 1.82) is 0 Å². The first kappa shape index (κ1) is 15.7. The summed E-state index contributed by atoms with van der Waals surface area (Å²) in [6, 6.07) is 4.04. The molecular weight excluding hydrogens is 266 g/mol. The van der Waals surface area contributed by atoms with Crippen LogP contribution in [-0.2, 0) is 11.3 Å². The SMILES string of the molecule is C=CCSCCNCC(O)COCc1cccs1. The van der Waals surface area contributed by atoms with E-state index in [4.69, 9.17) is 4.74 Å². The molecule has 1 unspecified atom stereocenters. The Bertz CT molecular complexity index is 304. The lowest BCUT2D eigenvalue weighted by atomic mass is 10.4. The number of rotatable bonds is 11. The molecule has 1 aromatic heterocycles. The molecular formula is C13H21NO2S2. The van der Waals surface area contributed by atoms with E-state index in [9.17, 15) is 5.11 Å². The standard InChI is InChI=1S/C13H21NO2S2/c1-2-6-17-8-5-14-9-12(15)10-16-11-13-4-3-7-18-13/h2-4,7,12,14-15H,1,5-6,8-11H2. The summed E-state index contributed by atoms with van der Waals surface area (Å²) in [5.41, 5.74) is 0. The fourth-order valence-corrected chi connectivity index (χ4v) is 2.59. The summed E-state index contributed by atoms with van der Waals surface area (Å²) in [7, 11) is 0. The van der Waals surface area contributed by atoms with Gasteiger partial charge in [0, 0.05) is 29.5 Å². The summed E-state index contributed by atoms with van der Waals surface area (Å²) in [4.78, 5) is 1.19. The number of aliphatic hydroxyl groups excluding tert-OH is 1. The van der Waals surface area contributed by atoms with Crippen LogP contribution in [0, 0.1) is 0 Å². The van der Waals surface area contributed by atoms with Crippen LogP contribution in [0.3, 0.4) is 0 Å². The highest BCUT2D eigenvalue weighted by Crippen LogP contribution is 2.09. The Balaban J connectivity index is 1.90. The first-order valence-electron chi connectivity index (χ1n) is 6.00. The summed E-state index contributed by atoms with van der Waals surface area (Å²) in [5, 5.41) is 14.9. The highest BCUT2D eigenvalue weighted by molar-refractivity contribution is 7.99. The van der Waals surface area contributed by atoms with E-state index in [1.807, 2.05) is 35.4 Å². The number of nitrogens with one attached hydrogen (secondary N) is 1. The Kier molecular flexibility index (Phi) is 9.24. The molecule has 0 fully saturated rings. The average molecular weight is 287 g/mol. The van der Waals surface area contributed by atoms with E-state index in [0.717, 1.165) is 18.1 Å². The van der Waals surface area contributed by atoms with E-state index in [-0.39, 0.29) is 0 Å². The molecule has 1 aromatic rings. The summed E-state index contributed by atoms with van der Waals surface area (Å²) in [6.07, 6.45) is 1.46. The number of hydrogen-bond acceptors (Lipinski definition) is 5. The molecule has 18 heavy (non-hydrogen) atoms. The molecule has 3 nitrogen and oxygen atoms in total. The molecule has 1 atom stereocenters. The predicted octanol–water partition coefficient (Wildman–Crippen LogP) is 2.13. The summed E-state index contributed by atoms with van der Waals surface area (Å²) >= 11 is 3.50. The molecule has 5 heteroatoms. The average Bonchev–Trinajstić information content (AvgIpc) is 2.87. The number of thiophene rings is 1. The Morgan fingerprint density at radius 3 is 3.22 bits per heavy atom. The zero-order chi connectivity index (χ0) is 13.1. The fourth-order valence-electron chi connectivity index (χ4n) is 1.33. The van der Waals surface area contributed by atoms with Crippen molar-refractivity contribution < 1.29 is 9.84 Å². The lowest BCUT2D eigenvalue weighted by molar-refractivity contribution is 0.0301. The molecule has 0 saturated carbocycles. The molecule has 0 radical (unpaired) electrons. The maximum atomic E-state index is 9.67. The van der Waals surface area contributed by atoms with Crippen LogP contribution in [0.1, 0.15) is 4.88 Å². The lowest BCUT2D eigenvalue weighted by Crippen LogP contribution is -2.31. The van der Waals surface area contributed by atoms with Gasteiger partial charge in [-0.3, -0.25) is 0 Å². The second-order valence-corrected chi connectivity index (χ2v) is 6.00. The number of ether oxygens (including phenoxy) is 1. The van der Waals surface area contributed by atoms with Crippen molar-refractivity contribution in [3.8, 4) is 0 Å². The summed E-state index contributed by atoms with van der Waals surface area (Å²) in [5.74, 6) is 2.02. The van der Waals surface area contributed by atoms with Crippen molar-refractivity contribution in [3.05, 3.63) is 35.0 Å². The van der Waals surface area contributed by atoms with Crippen LogP contribution in [0.4, 0.5) is 0 Å². The summed E-state index contributed by atoms with van der Waals surface area (Å²) in [6.45, 7) is 6.12. The van der Waals surface area contributed by atoms with E-state index < -0.39 is 6.10 Å². The van der Waals surface area contributed by atoms with E-state index in [2.05, 4.69) is 11.9 Å². The van der Waals surface area contributed by atoms with Crippen molar-refractivity contribution in [2.45, 2.75) is 12.7 Å². The molecule has 102 valence electrons. The van der Waals surface area contributed by atoms with Crippen molar-refractivity contribution in [2.24, 2.45) is 0 Å². The first-order valence-corrected chi connectivity index (χ1v) is 8.04. The van der Waals surface area contributed by atoms with Gasteiger partial charge in [0.25, 0.3) is 0 Å². The van der Waals surface area contributed by atoms with Crippen LogP contribution >= 0.6 is 23.1 Å². The van der Waals surface area contributed by atoms with E-state index in [1.54, 1.807) is 11.3 Å². The minimum atomic E-state index is -0.436. The van der Waals surface area contributed by atoms with Crippen LogP contribution < -0.4 is 5.32 Å². The maximum Gasteiger partial charge on any atom is 0.0897 e. The molecule has 0 saturated heterocycles. The van der Waals surface area contributed by atoms with Crippen LogP contribution in [0.5, 0.6) is 0 Å². The Labute approximate surface area is 117 Å². The van der Waals surface area contributed by atoms with Gasteiger partial charge in [-0.2, -0.15) is 11.8 Å². The van der Waals surface area contributed by atoms with Crippen molar-refractivity contribution >= 4 is 23.1 Å². The van der Waals surface area contributed by atoms with Gasteiger partial charge in [0.1, 0.15) is 0 Å². The van der Waals surface area contributed by atoms with Crippen LogP contribution in [0.25, 0.3) is 0 Å². The first-order chi connectivity index (χ1) is 8.83. The molecule has 1 heterocycles. The van der Waals surface area contributed by atoms with Gasteiger partial charge < -0.3 is 15.2 Å². The van der Waals surface area contributed by atoms with Crippen LogP contribution in [0.15, 0.2) is 30.2 Å². The second kappa shape index (κ2) is 10.6. The molecule has 0 amide bonds. The van der Waals surface area contributed by atoms with Gasteiger partial charge >= 0.3 is 0 Å². The fraction of sp³-hybridized carbons (Fsp3) is 0.538. The third-order valence-corrected chi connectivity index (χ3v) is 3.99. The molecule has 1 rings (SSSR count). The van der Waals surface area contributed by atoms with Gasteiger partial charge in [0.05, 0.1) is 19.3 Å². The second-order valence-electron chi connectivity index (χ2n) is 3.82. The molecule has 2 N–H and O–H groups in total. The predicted molar refractivity (Wildman–Crippen MR) is 80.4 cm³/mol. The number of thioether (sulfide) groups is 1. The highest BCUT2D eigenvalue weighted by Gasteiger charge is 2.03. The highest BCUT2D eigenvalue weighted by atomic mass is 32.2. The van der Waals surface area contributed by atoms with Crippen molar-refractivity contribution in [1.82, 2.24) is 5.32 Å². The largest absolute Gasteiger partial charge is 0.389 e. The molecule has 0 aromatic carbocycles. The Morgan fingerprint density at radius 1 is 1.61 bits per heavy atom. The maximum absolute atomic E-state index is 9.67. The lowest BCUT2D eigenvalue weighted by Gasteiger charge is -2.11. The van der Waals surface area contributed by atoms with Gasteiger partial charge in [-0.1, -0.05) is 12.1 Å². The summed E-state index contributed by atoms with van der Waals surface area (Å²) < 4.78 is 5.44. The van der Waals surface area contributed by atoms with E-state index in [1.165, 1.54) is 4.88 Å². The van der Waals surface area contributed by atoms with Gasteiger partial charge in [-0.15, -0.1) is 17.9 Å². The molecule has 0 bridgehead atoms. The third-order valence-electron chi connectivity index (χ3n) is 2.17. The van der Waals surface area contributed by atoms with Gasteiger partial charge in [0.2, 0.25) is 0 Å². The minimum absolute atomic E-state index is 0.380. The van der Waals surface area contributed by atoms with Gasteiger partial charge in [0.15, 0.2) is 0 Å². The van der Waals surface area contributed by atoms with Gasteiger partial charge in [-0.25, -0.2) is 0 Å². The Hall–Kier alpha value is -0.330. The molecule has 0 aliphatic heterocycles. The van der Waals surface area contributed by atoms with E-state index in [0.29, 0.717) is 19.8 Å². The number of hydrogen-bond donors (Lipinski definition) is 2. The van der Waals surface area contributed by atoms with Crippen LogP contribution in [0.2, 0.25) is 0 Å². The number of aliphatic hydroxyl groups is 1. The molecule has 0 aliphatic carbocycles. The Morgan fingerprint density at radius 2 is 2.50 bits per heavy atom. The van der Waals surface area contributed by atoms with Crippen molar-refractivity contribution in [2.75, 3.05) is 31.2 Å². The quantitative estimate of drug-likeness (QED) is 0.483. The zero-order valence-corrected chi connectivity index (χ0v) is 12.1.